The van der Waals surface area contributed by atoms with E-state index in [4.69, 9.17) is 9.72 Å². The predicted molar refractivity (Wildman–Crippen MR) is 313 cm³/mol. The van der Waals surface area contributed by atoms with Gasteiger partial charge >= 0.3 is 32.8 Å². The monoisotopic (exact) mass is 1170 g/mol. The summed E-state index contributed by atoms with van der Waals surface area (Å²) >= 11 is 0. The van der Waals surface area contributed by atoms with Crippen LogP contribution in [0.2, 0.25) is 0 Å². The number of rotatable bonds is 9. The molecule has 1 aliphatic rings. The number of pyridine rings is 1. The molecular weight excluding hydrogens is 1120 g/mol. The van der Waals surface area contributed by atoms with Crippen LogP contribution in [0.5, 0.6) is 11.5 Å². The van der Waals surface area contributed by atoms with Crippen LogP contribution in [0.15, 0.2) is 243 Å². The molecule has 0 saturated heterocycles. The molecule has 0 spiro atoms. The second-order valence-electron chi connectivity index (χ2n) is 20.4. The molecule has 7 heteroatoms. The summed E-state index contributed by atoms with van der Waals surface area (Å²) < 4.78 is 15.7. The molecule has 368 valence electrons. The van der Waals surface area contributed by atoms with Crippen LogP contribution in [-0.2, 0) is 26.5 Å². The van der Waals surface area contributed by atoms with Crippen molar-refractivity contribution in [1.29, 1.82) is 0 Å². The van der Waals surface area contributed by atoms with Crippen molar-refractivity contribution < 1.29 is 25.8 Å². The van der Waals surface area contributed by atoms with Crippen LogP contribution in [0.4, 0.5) is 22.7 Å². The van der Waals surface area contributed by atoms with E-state index in [1.165, 1.54) is 27.4 Å². The molecule has 13 aromatic rings. The first-order valence-corrected chi connectivity index (χ1v) is 25.8. The number of aromatic nitrogens is 3. The minimum atomic E-state index is -0.0822. The molecule has 6 nitrogen and oxygen atoms in total. The van der Waals surface area contributed by atoms with E-state index >= 15 is 0 Å². The summed E-state index contributed by atoms with van der Waals surface area (Å²) in [4.78, 5) is 5.01. The maximum absolute atomic E-state index is 6.84. The van der Waals surface area contributed by atoms with Gasteiger partial charge in [-0.25, -0.2) is 4.98 Å². The smallest absolute Gasteiger partial charge is 0.509 e. The predicted octanol–water partition coefficient (Wildman–Crippen LogP) is 17.8. The maximum Gasteiger partial charge on any atom is 2.00 e. The first-order valence-electron chi connectivity index (χ1n) is 25.8. The molecule has 1 aliphatic heterocycles. The van der Waals surface area contributed by atoms with Crippen molar-refractivity contribution in [3.05, 3.63) is 260 Å². The number of hydrogen-bond donors (Lipinski definition) is 0. The number of ether oxygens (including phenoxy) is 1. The van der Waals surface area contributed by atoms with Crippen LogP contribution in [0.25, 0.3) is 88.5 Å². The summed E-state index contributed by atoms with van der Waals surface area (Å²) in [6.45, 7) is 6.71. The van der Waals surface area contributed by atoms with Crippen molar-refractivity contribution in [2.24, 2.45) is 0 Å². The van der Waals surface area contributed by atoms with E-state index in [0.717, 1.165) is 89.4 Å². The van der Waals surface area contributed by atoms with Crippen molar-refractivity contribution in [2.75, 3.05) is 0 Å². The van der Waals surface area contributed by atoms with E-state index in [2.05, 4.69) is 276 Å². The van der Waals surface area contributed by atoms with Gasteiger partial charge in [-0.1, -0.05) is 183 Å². The number of hydrogen-bond acceptors (Lipinski definition) is 2. The fourth-order valence-corrected chi connectivity index (χ4v) is 11.2. The number of para-hydroxylation sites is 4. The van der Waals surface area contributed by atoms with Gasteiger partial charge in [-0.3, -0.25) is 0 Å². The fraction of sp³-hybridized carbons (Fsp3) is 0.0571. The minimum absolute atomic E-state index is 0. The summed E-state index contributed by atoms with van der Waals surface area (Å²) in [6, 6.07) is 94.7. The zero-order chi connectivity index (χ0) is 50.9. The van der Waals surface area contributed by atoms with Gasteiger partial charge in [0.1, 0.15) is 11.5 Å². The Labute approximate surface area is 461 Å². The first kappa shape index (κ1) is 47.5. The standard InChI is InChI=1S/C70H49N5O.Pt/c1-70(2,3)49-40-41-71-67(42-49)75-64-39-36-52(74-62-33-15-13-28-57(62)58-29-14-16-34-63(58)74)44-61(64)59-38-37-54(45-66(59)75)76-53-27-17-26-51(43-53)72-46-73(50-24-11-6-12-25-50)69-60(32-19-35-65(69)72)68-55(47-20-7-4-8-21-47)30-18-31-56(68)48-22-9-5-10-23-48;/h4-42,44H,1-3H3;/q;+2. The third-order valence-corrected chi connectivity index (χ3v) is 14.7. The Kier molecular flexibility index (Phi) is 11.8. The van der Waals surface area contributed by atoms with Crippen molar-refractivity contribution in [2.45, 2.75) is 26.2 Å². The van der Waals surface area contributed by atoms with Gasteiger partial charge < -0.3 is 13.9 Å². The fourth-order valence-electron chi connectivity index (χ4n) is 11.2. The van der Waals surface area contributed by atoms with E-state index in [1.54, 1.807) is 0 Å². The SMILES string of the molecule is CC(C)(C)c1ccnc(-n2c3[c-]c(Oc4[c-]c([N+]5=C=[N+](c6ccccc6)c6c(-c7c(-c8ccccc8)cccc7-c7ccccc7)cccc65)ccc4)ccc3c3cc(-n4c5ccccc5c5ccccc54)ccc32)c1.[Pt+2]. The molecule has 0 N–H and O–H groups in total. The van der Waals surface area contributed by atoms with Gasteiger partial charge in [0.15, 0.2) is 0 Å². The van der Waals surface area contributed by atoms with E-state index in [9.17, 15) is 0 Å². The van der Waals surface area contributed by atoms with Gasteiger partial charge in [0.05, 0.1) is 16.6 Å². The third kappa shape index (κ3) is 8.22. The van der Waals surface area contributed by atoms with Gasteiger partial charge in [0.25, 0.3) is 5.69 Å². The molecule has 0 amide bonds. The molecule has 77 heavy (non-hydrogen) atoms. The van der Waals surface area contributed by atoms with E-state index < -0.39 is 0 Å². The zero-order valence-electron chi connectivity index (χ0n) is 42.6. The molecule has 0 atom stereocenters. The maximum atomic E-state index is 6.84. The summed E-state index contributed by atoms with van der Waals surface area (Å²) in [7, 11) is 0. The van der Waals surface area contributed by atoms with Crippen LogP contribution < -0.4 is 13.9 Å². The number of benzene rings is 10. The second kappa shape index (κ2) is 19.2. The average Bonchev–Trinajstić information content (AvgIpc) is 4.17. The minimum Gasteiger partial charge on any atom is -0.509 e. The van der Waals surface area contributed by atoms with E-state index in [1.807, 2.05) is 24.4 Å². The average molecular weight is 1170 g/mol. The summed E-state index contributed by atoms with van der Waals surface area (Å²) in [6.07, 6.45) is 1.91. The largest absolute Gasteiger partial charge is 2.00 e. The molecule has 0 unspecified atom stereocenters. The van der Waals surface area contributed by atoms with Gasteiger partial charge in [-0.2, -0.15) is 12.1 Å². The van der Waals surface area contributed by atoms with Crippen LogP contribution in [0.1, 0.15) is 26.3 Å². The van der Waals surface area contributed by atoms with E-state index in [-0.39, 0.29) is 26.5 Å². The van der Waals surface area contributed by atoms with Gasteiger partial charge in [-0.15, -0.1) is 23.6 Å². The number of fused-ring (bicyclic) bond motifs is 7. The third-order valence-electron chi connectivity index (χ3n) is 14.7. The molecule has 4 heterocycles. The Morgan fingerprint density at radius 3 is 1.77 bits per heavy atom. The zero-order valence-corrected chi connectivity index (χ0v) is 44.8. The van der Waals surface area contributed by atoms with E-state index in [0.29, 0.717) is 11.5 Å². The molecule has 0 aliphatic carbocycles. The molecule has 0 bridgehead atoms. The second-order valence-corrected chi connectivity index (χ2v) is 20.4. The molecule has 10 aromatic carbocycles. The van der Waals surface area contributed by atoms with Crippen molar-refractivity contribution in [1.82, 2.24) is 23.3 Å². The van der Waals surface area contributed by atoms with Crippen LogP contribution >= 0.6 is 0 Å². The van der Waals surface area contributed by atoms with Crippen LogP contribution in [0.3, 0.4) is 0 Å². The number of nitrogens with zero attached hydrogens (tertiary/aromatic N) is 5. The quantitative estimate of drug-likeness (QED) is 0.107. The van der Waals surface area contributed by atoms with Crippen molar-refractivity contribution in [3.8, 4) is 56.4 Å². The molecule has 0 saturated carbocycles. The summed E-state index contributed by atoms with van der Waals surface area (Å²) in [5.74, 6) is 1.94. The van der Waals surface area contributed by atoms with Gasteiger partial charge in [0, 0.05) is 63.4 Å². The molecule has 14 rings (SSSR count). The Bertz CT molecular complexity index is 4390. The summed E-state index contributed by atoms with van der Waals surface area (Å²) in [5.41, 5.74) is 17.0. The Morgan fingerprint density at radius 2 is 1.08 bits per heavy atom. The first-order chi connectivity index (χ1) is 37.3. The van der Waals surface area contributed by atoms with Crippen molar-refractivity contribution in [3.63, 3.8) is 0 Å². The van der Waals surface area contributed by atoms with Crippen LogP contribution in [-0.4, -0.2) is 20.1 Å². The molecule has 0 fully saturated rings. The summed E-state index contributed by atoms with van der Waals surface area (Å²) in [5, 5.41) is 4.59. The van der Waals surface area contributed by atoms with Crippen molar-refractivity contribution >= 4 is 72.4 Å². The Balaban J connectivity index is 0.00000566. The topological polar surface area (TPSA) is 38.0 Å². The Morgan fingerprint density at radius 1 is 0.481 bits per heavy atom. The van der Waals surface area contributed by atoms with Gasteiger partial charge in [0.2, 0.25) is 5.69 Å². The van der Waals surface area contributed by atoms with Gasteiger partial charge in [-0.05, 0) is 91.7 Å². The molecule has 0 radical (unpaired) electrons. The molecule has 3 aromatic heterocycles. The Hall–Kier alpha value is -9.18. The van der Waals surface area contributed by atoms with Crippen LogP contribution in [0, 0.1) is 12.1 Å². The normalized spacial score (nSPS) is 12.2. The molecular formula is C70H49N5OPt+2.